The molecule has 184 valence electrons. The van der Waals surface area contributed by atoms with Crippen LogP contribution in [0.5, 0.6) is 0 Å². The van der Waals surface area contributed by atoms with E-state index in [0.717, 1.165) is 47.9 Å². The number of likely N-dealkylation sites (tertiary alicyclic amines) is 1. The molecule has 5 rings (SSSR count). The van der Waals surface area contributed by atoms with Crippen molar-refractivity contribution >= 4 is 18.0 Å². The fourth-order valence-electron chi connectivity index (χ4n) is 6.19. The lowest BCUT2D eigenvalue weighted by atomic mass is 9.85. The molecule has 35 heavy (non-hydrogen) atoms. The van der Waals surface area contributed by atoms with Crippen molar-refractivity contribution in [2.75, 3.05) is 13.2 Å². The first-order valence-corrected chi connectivity index (χ1v) is 12.7. The molecular formula is C28H32N2O5. The zero-order chi connectivity index (χ0) is 24.4. The van der Waals surface area contributed by atoms with Crippen LogP contribution in [0.2, 0.25) is 0 Å². The van der Waals surface area contributed by atoms with E-state index in [1.165, 1.54) is 6.42 Å². The van der Waals surface area contributed by atoms with Crippen LogP contribution in [0.4, 0.5) is 4.79 Å². The summed E-state index contributed by atoms with van der Waals surface area (Å²) in [6, 6.07) is 15.5. The summed E-state index contributed by atoms with van der Waals surface area (Å²) in [5.74, 6) is -0.742. The summed E-state index contributed by atoms with van der Waals surface area (Å²) in [4.78, 5) is 39.3. The third-order valence-corrected chi connectivity index (χ3v) is 7.87. The number of nitrogens with one attached hydrogen (secondary N) is 1. The molecule has 1 unspecified atom stereocenters. The molecule has 1 aliphatic heterocycles. The summed E-state index contributed by atoms with van der Waals surface area (Å²) in [6.07, 6.45) is 4.56. The van der Waals surface area contributed by atoms with Crippen molar-refractivity contribution in [3.63, 3.8) is 0 Å². The van der Waals surface area contributed by atoms with Gasteiger partial charge in [0.1, 0.15) is 12.6 Å². The summed E-state index contributed by atoms with van der Waals surface area (Å²) in [5.41, 5.74) is 4.51. The highest BCUT2D eigenvalue weighted by atomic mass is 16.5. The maximum atomic E-state index is 13.4. The van der Waals surface area contributed by atoms with Crippen LogP contribution in [0.25, 0.3) is 11.1 Å². The second-order valence-corrected chi connectivity index (χ2v) is 9.89. The summed E-state index contributed by atoms with van der Waals surface area (Å²) in [6.45, 7) is 0.818. The van der Waals surface area contributed by atoms with Crippen molar-refractivity contribution in [3.8, 4) is 11.1 Å². The van der Waals surface area contributed by atoms with E-state index in [2.05, 4.69) is 29.6 Å². The van der Waals surface area contributed by atoms with Crippen molar-refractivity contribution in [2.45, 2.75) is 62.9 Å². The Kier molecular flexibility index (Phi) is 6.75. The molecule has 2 amide bonds. The molecule has 2 aliphatic carbocycles. The average molecular weight is 477 g/mol. The van der Waals surface area contributed by atoms with Crippen LogP contribution in [0.15, 0.2) is 48.5 Å². The number of carbonyl (C=O) groups excluding carboxylic acids is 2. The quantitative estimate of drug-likeness (QED) is 0.611. The van der Waals surface area contributed by atoms with E-state index in [-0.39, 0.29) is 37.3 Å². The van der Waals surface area contributed by atoms with E-state index in [0.29, 0.717) is 12.5 Å². The number of aliphatic carboxylic acids is 1. The van der Waals surface area contributed by atoms with Gasteiger partial charge >= 0.3 is 12.1 Å². The number of fused-ring (bicyclic) bond motifs is 4. The van der Waals surface area contributed by atoms with Crippen LogP contribution in [0.1, 0.15) is 62.0 Å². The van der Waals surface area contributed by atoms with Crippen LogP contribution in [-0.2, 0) is 14.3 Å². The van der Waals surface area contributed by atoms with Gasteiger partial charge in [-0.25, -0.2) is 4.79 Å². The molecule has 0 bridgehead atoms. The second kappa shape index (κ2) is 10.1. The van der Waals surface area contributed by atoms with Crippen molar-refractivity contribution in [1.29, 1.82) is 0 Å². The van der Waals surface area contributed by atoms with E-state index in [1.807, 2.05) is 29.2 Å². The van der Waals surface area contributed by atoms with Gasteiger partial charge in [0.15, 0.2) is 0 Å². The number of amides is 2. The number of carboxylic acid groups (broad SMARTS) is 1. The molecule has 7 nitrogen and oxygen atoms in total. The van der Waals surface area contributed by atoms with Crippen LogP contribution in [-0.4, -0.2) is 53.2 Å². The van der Waals surface area contributed by atoms with Gasteiger partial charge in [0, 0.05) is 24.9 Å². The molecule has 2 aromatic rings. The number of hydrogen-bond donors (Lipinski definition) is 2. The van der Waals surface area contributed by atoms with Crippen molar-refractivity contribution in [2.24, 2.45) is 5.92 Å². The minimum Gasteiger partial charge on any atom is -0.481 e. The fraction of sp³-hybridized carbons (Fsp3) is 0.464. The molecule has 7 heteroatoms. The molecule has 0 spiro atoms. The zero-order valence-electron chi connectivity index (χ0n) is 19.8. The third kappa shape index (κ3) is 4.77. The Morgan fingerprint density at radius 3 is 2.31 bits per heavy atom. The van der Waals surface area contributed by atoms with E-state index >= 15 is 0 Å². The SMILES string of the molecule is O=C(O)CCC(NC(=O)OCC1c2ccccc2-c2ccccc21)C(=O)N1CC[C@@H]2CCCC[C@@H]21. The lowest BCUT2D eigenvalue weighted by Gasteiger charge is -2.33. The van der Waals surface area contributed by atoms with E-state index in [9.17, 15) is 19.5 Å². The Hall–Kier alpha value is -3.35. The number of carboxylic acids is 1. The molecule has 2 aromatic carbocycles. The summed E-state index contributed by atoms with van der Waals surface area (Å²) in [5, 5.41) is 11.9. The van der Waals surface area contributed by atoms with E-state index in [1.54, 1.807) is 0 Å². The monoisotopic (exact) mass is 476 g/mol. The minimum absolute atomic E-state index is 0.0479. The summed E-state index contributed by atoms with van der Waals surface area (Å²) >= 11 is 0. The molecule has 0 aromatic heterocycles. The Morgan fingerprint density at radius 2 is 1.63 bits per heavy atom. The number of ether oxygens (including phenoxy) is 1. The zero-order valence-corrected chi connectivity index (χ0v) is 19.8. The van der Waals surface area contributed by atoms with Gasteiger partial charge in [-0.3, -0.25) is 9.59 Å². The smallest absolute Gasteiger partial charge is 0.407 e. The van der Waals surface area contributed by atoms with E-state index in [4.69, 9.17) is 4.74 Å². The Morgan fingerprint density at radius 1 is 0.971 bits per heavy atom. The molecule has 1 saturated carbocycles. The maximum Gasteiger partial charge on any atom is 0.407 e. The number of benzene rings is 2. The topological polar surface area (TPSA) is 95.9 Å². The van der Waals surface area contributed by atoms with Gasteiger partial charge in [0.25, 0.3) is 0 Å². The van der Waals surface area contributed by atoms with Crippen molar-refractivity contribution < 1.29 is 24.2 Å². The van der Waals surface area contributed by atoms with Gasteiger partial charge in [0.05, 0.1) is 0 Å². The lowest BCUT2D eigenvalue weighted by Crippen LogP contribution is -2.51. The second-order valence-electron chi connectivity index (χ2n) is 9.89. The summed E-state index contributed by atoms with van der Waals surface area (Å²) < 4.78 is 5.63. The molecule has 2 fully saturated rings. The predicted molar refractivity (Wildman–Crippen MR) is 131 cm³/mol. The molecule has 1 saturated heterocycles. The molecule has 2 N–H and O–H groups in total. The highest BCUT2D eigenvalue weighted by Crippen LogP contribution is 2.44. The summed E-state index contributed by atoms with van der Waals surface area (Å²) in [7, 11) is 0. The van der Waals surface area contributed by atoms with Crippen LogP contribution >= 0.6 is 0 Å². The number of nitrogens with zero attached hydrogens (tertiary/aromatic N) is 1. The van der Waals surface area contributed by atoms with Gasteiger partial charge < -0.3 is 20.1 Å². The molecule has 0 radical (unpaired) electrons. The highest BCUT2D eigenvalue weighted by Gasteiger charge is 2.40. The van der Waals surface area contributed by atoms with Crippen molar-refractivity contribution in [1.82, 2.24) is 10.2 Å². The number of rotatable bonds is 7. The van der Waals surface area contributed by atoms with Gasteiger partial charge in [0.2, 0.25) is 5.91 Å². The average Bonchev–Trinajstić information content (AvgIpc) is 3.44. The van der Waals surface area contributed by atoms with Gasteiger partial charge in [-0.2, -0.15) is 0 Å². The Balaban J connectivity index is 1.26. The van der Waals surface area contributed by atoms with Crippen LogP contribution < -0.4 is 5.32 Å². The number of carbonyl (C=O) groups is 3. The van der Waals surface area contributed by atoms with Gasteiger partial charge in [-0.1, -0.05) is 61.4 Å². The maximum absolute atomic E-state index is 13.4. The Bertz CT molecular complexity index is 1070. The number of hydrogen-bond acceptors (Lipinski definition) is 4. The minimum atomic E-state index is -0.992. The van der Waals surface area contributed by atoms with Gasteiger partial charge in [-0.05, 0) is 53.9 Å². The third-order valence-electron chi connectivity index (χ3n) is 7.87. The molecule has 1 heterocycles. The van der Waals surface area contributed by atoms with Gasteiger partial charge in [-0.15, -0.1) is 0 Å². The number of alkyl carbamates (subject to hydrolysis) is 1. The normalized spacial score (nSPS) is 21.5. The molecule has 3 aliphatic rings. The van der Waals surface area contributed by atoms with Crippen LogP contribution in [0.3, 0.4) is 0 Å². The Labute approximate surface area is 205 Å². The predicted octanol–water partition coefficient (Wildman–Crippen LogP) is 4.55. The van der Waals surface area contributed by atoms with E-state index < -0.39 is 18.1 Å². The molecular weight excluding hydrogens is 444 g/mol. The largest absolute Gasteiger partial charge is 0.481 e. The highest BCUT2D eigenvalue weighted by molar-refractivity contribution is 5.87. The molecule has 3 atom stereocenters. The first-order chi connectivity index (χ1) is 17.0. The fourth-order valence-corrected chi connectivity index (χ4v) is 6.19. The first-order valence-electron chi connectivity index (χ1n) is 12.7. The standard InChI is InChI=1S/C28H32N2O5/c31-26(32)14-13-24(27(33)30-16-15-18-7-1-6-12-25(18)30)29-28(34)35-17-23-21-10-4-2-8-19(21)20-9-3-5-11-22(20)23/h2-5,8-11,18,23-25H,1,6-7,12-17H2,(H,29,34)(H,31,32)/t18-,24?,25-/m0/s1. The first kappa shape index (κ1) is 23.4. The van der Waals surface area contributed by atoms with Crippen molar-refractivity contribution in [3.05, 3.63) is 59.7 Å². The van der Waals surface area contributed by atoms with Crippen LogP contribution in [0, 0.1) is 5.92 Å². The lowest BCUT2D eigenvalue weighted by molar-refractivity contribution is -0.138.